The molecule has 0 unspecified atom stereocenters. The SMILES string of the molecule is CCSc1cc(-c2cnc(C3CC3)nn2)cnc1-c1nc2cc(C(F)(F)C(F)(F)F)cnc2n1C. The Morgan fingerprint density at radius 3 is 2.40 bits per heavy atom. The zero-order chi connectivity index (χ0) is 25.0. The van der Waals surface area contributed by atoms with Gasteiger partial charge in [0.05, 0.1) is 11.8 Å². The summed E-state index contributed by atoms with van der Waals surface area (Å²) in [6, 6.07) is 2.57. The van der Waals surface area contributed by atoms with E-state index >= 15 is 0 Å². The molecule has 182 valence electrons. The molecule has 4 aromatic heterocycles. The van der Waals surface area contributed by atoms with E-state index in [0.29, 0.717) is 40.9 Å². The molecule has 0 atom stereocenters. The Bertz CT molecular complexity index is 1400. The predicted octanol–water partition coefficient (Wildman–Crippen LogP) is 5.53. The lowest BCUT2D eigenvalue weighted by Crippen LogP contribution is -2.33. The van der Waals surface area contributed by atoms with E-state index < -0.39 is 17.7 Å². The zero-order valence-electron chi connectivity index (χ0n) is 18.5. The molecule has 5 rings (SSSR count). The molecule has 4 heterocycles. The number of nitrogens with zero attached hydrogens (tertiary/aromatic N) is 7. The molecule has 0 aliphatic heterocycles. The molecule has 35 heavy (non-hydrogen) atoms. The third-order valence-electron chi connectivity index (χ3n) is 5.61. The number of hydrogen-bond donors (Lipinski definition) is 0. The molecule has 0 amide bonds. The van der Waals surface area contributed by atoms with Crippen molar-refractivity contribution < 1.29 is 22.0 Å². The van der Waals surface area contributed by atoms with Crippen molar-refractivity contribution in [3.05, 3.63) is 42.1 Å². The maximum absolute atomic E-state index is 13.8. The van der Waals surface area contributed by atoms with E-state index in [4.69, 9.17) is 0 Å². The van der Waals surface area contributed by atoms with E-state index in [1.165, 1.54) is 16.3 Å². The summed E-state index contributed by atoms with van der Waals surface area (Å²) >= 11 is 1.48. The summed E-state index contributed by atoms with van der Waals surface area (Å²) in [5.74, 6) is -2.95. The van der Waals surface area contributed by atoms with Crippen molar-refractivity contribution >= 4 is 22.9 Å². The fourth-order valence-electron chi connectivity index (χ4n) is 3.59. The summed E-state index contributed by atoms with van der Waals surface area (Å²) in [6.07, 6.45) is 0.146. The Balaban J connectivity index is 1.55. The number of aromatic nitrogens is 7. The molecule has 4 aromatic rings. The monoisotopic (exact) mass is 507 g/mol. The molecule has 7 nitrogen and oxygen atoms in total. The number of rotatable bonds is 6. The molecule has 0 saturated heterocycles. The maximum Gasteiger partial charge on any atom is 0.458 e. The van der Waals surface area contributed by atoms with Gasteiger partial charge in [-0.1, -0.05) is 6.92 Å². The van der Waals surface area contributed by atoms with Crippen LogP contribution >= 0.6 is 11.8 Å². The van der Waals surface area contributed by atoms with Crippen LogP contribution in [0.2, 0.25) is 0 Å². The first-order valence-corrected chi connectivity index (χ1v) is 11.7. The van der Waals surface area contributed by atoms with Crippen LogP contribution in [0.15, 0.2) is 35.6 Å². The lowest BCUT2D eigenvalue weighted by atomic mass is 10.1. The molecular formula is C22H18F5N7S. The molecule has 1 aliphatic carbocycles. The van der Waals surface area contributed by atoms with Gasteiger partial charge in [-0.25, -0.2) is 15.0 Å². The Labute approximate surface area is 200 Å². The second kappa shape index (κ2) is 8.47. The normalized spacial score (nSPS) is 14.6. The van der Waals surface area contributed by atoms with Crippen molar-refractivity contribution in [1.29, 1.82) is 0 Å². The van der Waals surface area contributed by atoms with Gasteiger partial charge >= 0.3 is 12.1 Å². The van der Waals surface area contributed by atoms with Crippen LogP contribution in [0.25, 0.3) is 33.9 Å². The second-order valence-corrected chi connectivity index (χ2v) is 9.42. The van der Waals surface area contributed by atoms with Crippen molar-refractivity contribution in [2.24, 2.45) is 7.05 Å². The molecule has 0 radical (unpaired) electrons. The maximum atomic E-state index is 13.8. The topological polar surface area (TPSA) is 82.3 Å². The number of imidazole rings is 1. The van der Waals surface area contributed by atoms with Crippen molar-refractivity contribution in [1.82, 2.24) is 34.7 Å². The standard InChI is InChI=1S/C22H18F5N7S/c1-3-35-16-6-12(15-10-29-18(33-32-15)11-4-5-11)8-28-17(16)20-31-14-7-13(9-30-19(14)34(20)2)21(23,24)22(25,26)27/h6-11H,3-5H2,1-2H3. The number of halogens is 5. The van der Waals surface area contributed by atoms with Crippen LogP contribution < -0.4 is 0 Å². The first-order chi connectivity index (χ1) is 16.6. The van der Waals surface area contributed by atoms with Gasteiger partial charge in [0, 0.05) is 35.8 Å². The lowest BCUT2D eigenvalue weighted by molar-refractivity contribution is -0.289. The minimum atomic E-state index is -5.74. The molecular weight excluding hydrogens is 489 g/mol. The van der Waals surface area contributed by atoms with Gasteiger partial charge in [0.2, 0.25) is 0 Å². The third-order valence-corrected chi connectivity index (χ3v) is 6.52. The highest BCUT2D eigenvalue weighted by atomic mass is 32.2. The minimum Gasteiger partial charge on any atom is -0.310 e. The van der Waals surface area contributed by atoms with E-state index in [1.54, 1.807) is 19.4 Å². The number of hydrogen-bond acceptors (Lipinski definition) is 7. The largest absolute Gasteiger partial charge is 0.458 e. The number of aryl methyl sites for hydroxylation is 1. The second-order valence-electron chi connectivity index (χ2n) is 8.11. The van der Waals surface area contributed by atoms with Crippen LogP contribution in [-0.2, 0) is 13.0 Å². The molecule has 0 bridgehead atoms. The average molecular weight is 507 g/mol. The van der Waals surface area contributed by atoms with Gasteiger partial charge < -0.3 is 4.57 Å². The van der Waals surface area contributed by atoms with Crippen LogP contribution in [0, 0.1) is 0 Å². The number of fused-ring (bicyclic) bond motifs is 1. The zero-order valence-corrected chi connectivity index (χ0v) is 19.3. The summed E-state index contributed by atoms with van der Waals surface area (Å²) in [5.41, 5.74) is 0.488. The third kappa shape index (κ3) is 4.21. The van der Waals surface area contributed by atoms with Crippen LogP contribution in [0.3, 0.4) is 0 Å². The molecule has 0 N–H and O–H groups in total. The number of pyridine rings is 2. The minimum absolute atomic E-state index is 0.0898. The summed E-state index contributed by atoms with van der Waals surface area (Å²) in [5, 5.41) is 8.46. The van der Waals surface area contributed by atoms with E-state index in [2.05, 4.69) is 30.1 Å². The fraction of sp³-hybridized carbons (Fsp3) is 0.364. The summed E-state index contributed by atoms with van der Waals surface area (Å²) in [6.45, 7) is 1.95. The average Bonchev–Trinajstić information content (AvgIpc) is 3.62. The van der Waals surface area contributed by atoms with Gasteiger partial charge in [0.15, 0.2) is 17.3 Å². The highest BCUT2D eigenvalue weighted by molar-refractivity contribution is 7.99. The Hall–Kier alpha value is -3.22. The lowest BCUT2D eigenvalue weighted by Gasteiger charge is -2.19. The Morgan fingerprint density at radius 2 is 1.77 bits per heavy atom. The van der Waals surface area contributed by atoms with Crippen molar-refractivity contribution in [2.75, 3.05) is 5.75 Å². The van der Waals surface area contributed by atoms with Crippen molar-refractivity contribution in [3.63, 3.8) is 0 Å². The van der Waals surface area contributed by atoms with Crippen molar-refractivity contribution in [3.8, 4) is 22.8 Å². The van der Waals surface area contributed by atoms with E-state index in [9.17, 15) is 22.0 Å². The first-order valence-electron chi connectivity index (χ1n) is 10.7. The highest BCUT2D eigenvalue weighted by Crippen LogP contribution is 2.44. The summed E-state index contributed by atoms with van der Waals surface area (Å²) < 4.78 is 67.6. The van der Waals surface area contributed by atoms with Gasteiger partial charge in [-0.05, 0) is 30.7 Å². The first kappa shape index (κ1) is 23.5. The Morgan fingerprint density at radius 1 is 1.00 bits per heavy atom. The molecule has 0 spiro atoms. The van der Waals surface area contributed by atoms with Crippen LogP contribution in [-0.4, -0.2) is 46.6 Å². The van der Waals surface area contributed by atoms with Gasteiger partial charge in [0.25, 0.3) is 0 Å². The molecule has 1 saturated carbocycles. The number of thioether (sulfide) groups is 1. The van der Waals surface area contributed by atoms with Gasteiger partial charge in [-0.15, -0.1) is 22.0 Å². The van der Waals surface area contributed by atoms with Crippen LogP contribution in [0.4, 0.5) is 22.0 Å². The van der Waals surface area contributed by atoms with E-state index in [-0.39, 0.29) is 17.0 Å². The fourth-order valence-corrected chi connectivity index (χ4v) is 4.39. The molecule has 0 aromatic carbocycles. The highest BCUT2D eigenvalue weighted by Gasteiger charge is 2.59. The smallest absolute Gasteiger partial charge is 0.310 e. The van der Waals surface area contributed by atoms with Gasteiger partial charge in [-0.3, -0.25) is 4.98 Å². The van der Waals surface area contributed by atoms with Crippen LogP contribution in [0.1, 0.15) is 37.1 Å². The molecule has 13 heteroatoms. The van der Waals surface area contributed by atoms with Crippen LogP contribution in [0.5, 0.6) is 0 Å². The summed E-state index contributed by atoms with van der Waals surface area (Å²) in [4.78, 5) is 17.8. The molecule has 1 aliphatic rings. The molecule has 1 fully saturated rings. The quantitative estimate of drug-likeness (QED) is 0.251. The Kier molecular flexibility index (Phi) is 5.69. The van der Waals surface area contributed by atoms with Gasteiger partial charge in [-0.2, -0.15) is 22.0 Å². The van der Waals surface area contributed by atoms with Gasteiger partial charge in [0.1, 0.15) is 16.9 Å². The number of alkyl halides is 5. The summed E-state index contributed by atoms with van der Waals surface area (Å²) in [7, 11) is 1.60. The van der Waals surface area contributed by atoms with E-state index in [1.807, 2.05) is 13.0 Å². The predicted molar refractivity (Wildman–Crippen MR) is 119 cm³/mol. The van der Waals surface area contributed by atoms with Crippen molar-refractivity contribution in [2.45, 2.75) is 42.7 Å². The van der Waals surface area contributed by atoms with E-state index in [0.717, 1.165) is 23.6 Å².